The summed E-state index contributed by atoms with van der Waals surface area (Å²) in [4.78, 5) is 23.5. The highest BCUT2D eigenvalue weighted by Gasteiger charge is 2.32. The minimum Gasteiger partial charge on any atom is -0.477 e. The summed E-state index contributed by atoms with van der Waals surface area (Å²) in [6, 6.07) is 1.60. The minimum absolute atomic E-state index is 0.0681. The maximum absolute atomic E-state index is 14.1. The fourth-order valence-electron chi connectivity index (χ4n) is 2.54. The van der Waals surface area contributed by atoms with Crippen LogP contribution in [0.2, 0.25) is 0 Å². The van der Waals surface area contributed by atoms with Crippen LogP contribution in [0.15, 0.2) is 16.9 Å². The molecule has 0 unspecified atom stereocenters. The lowest BCUT2D eigenvalue weighted by molar-refractivity contribution is 0.0683. The molecule has 2 aromatic rings. The highest BCUT2D eigenvalue weighted by Crippen LogP contribution is 2.39. The monoisotopic (exact) mass is 279 g/mol. The van der Waals surface area contributed by atoms with Crippen LogP contribution in [0.1, 0.15) is 34.9 Å². The molecule has 0 aliphatic heterocycles. The molecule has 104 valence electrons. The third-order valence-electron chi connectivity index (χ3n) is 3.60. The van der Waals surface area contributed by atoms with Gasteiger partial charge in [0.15, 0.2) is 5.43 Å². The van der Waals surface area contributed by atoms with Gasteiger partial charge in [-0.25, -0.2) is 13.6 Å². The number of fused-ring (bicyclic) bond motifs is 1. The standard InChI is InChI=1S/C14H11F2NO3/c1-6-11(14(19)20)17(7-2-3-7)12-9(16)5-4-8(15)10(12)13(6)18/h4-5,7H,2-3H2,1H3,(H,19,20). The van der Waals surface area contributed by atoms with Gasteiger partial charge in [0.1, 0.15) is 17.3 Å². The average Bonchev–Trinajstić information content (AvgIpc) is 3.20. The van der Waals surface area contributed by atoms with E-state index in [0.717, 1.165) is 12.1 Å². The lowest BCUT2D eigenvalue weighted by Crippen LogP contribution is -2.23. The smallest absolute Gasteiger partial charge is 0.352 e. The first-order valence-corrected chi connectivity index (χ1v) is 6.19. The van der Waals surface area contributed by atoms with E-state index in [4.69, 9.17) is 0 Å². The average molecular weight is 279 g/mol. The molecule has 0 saturated heterocycles. The van der Waals surface area contributed by atoms with E-state index >= 15 is 0 Å². The molecule has 20 heavy (non-hydrogen) atoms. The number of benzene rings is 1. The van der Waals surface area contributed by atoms with Crippen LogP contribution >= 0.6 is 0 Å². The van der Waals surface area contributed by atoms with Crippen LogP contribution in [0.25, 0.3) is 10.9 Å². The van der Waals surface area contributed by atoms with Crippen LogP contribution in [0, 0.1) is 18.6 Å². The molecule has 4 nitrogen and oxygen atoms in total. The number of carboxylic acids is 1. The van der Waals surface area contributed by atoms with Gasteiger partial charge in [0.05, 0.1) is 10.9 Å². The van der Waals surface area contributed by atoms with Crippen LogP contribution in [0.4, 0.5) is 8.78 Å². The molecule has 0 amide bonds. The molecule has 0 bridgehead atoms. The topological polar surface area (TPSA) is 59.3 Å². The summed E-state index contributed by atoms with van der Waals surface area (Å²) in [5.41, 5.74) is -1.34. The number of aromatic nitrogens is 1. The van der Waals surface area contributed by atoms with Crippen LogP contribution in [0.5, 0.6) is 0 Å². The Balaban J connectivity index is 2.62. The van der Waals surface area contributed by atoms with Gasteiger partial charge in [0, 0.05) is 11.6 Å². The molecule has 1 aliphatic carbocycles. The summed E-state index contributed by atoms with van der Waals surface area (Å²) in [6.07, 6.45) is 1.38. The Hall–Kier alpha value is -2.24. The van der Waals surface area contributed by atoms with Crippen molar-refractivity contribution in [3.8, 4) is 0 Å². The maximum atomic E-state index is 14.1. The molecule has 0 spiro atoms. The van der Waals surface area contributed by atoms with Crippen LogP contribution in [0.3, 0.4) is 0 Å². The molecule has 1 saturated carbocycles. The van der Waals surface area contributed by atoms with E-state index in [-0.39, 0.29) is 28.2 Å². The third-order valence-corrected chi connectivity index (χ3v) is 3.60. The number of pyridine rings is 1. The number of rotatable bonds is 2. The minimum atomic E-state index is -1.31. The number of halogens is 2. The van der Waals surface area contributed by atoms with Gasteiger partial charge in [-0.15, -0.1) is 0 Å². The maximum Gasteiger partial charge on any atom is 0.352 e. The summed E-state index contributed by atoms with van der Waals surface area (Å²) in [6.45, 7) is 1.33. The fraction of sp³-hybridized carbons (Fsp3) is 0.286. The molecule has 1 fully saturated rings. The highest BCUT2D eigenvalue weighted by atomic mass is 19.1. The van der Waals surface area contributed by atoms with Gasteiger partial charge in [-0.1, -0.05) is 0 Å². The second-order valence-electron chi connectivity index (χ2n) is 4.96. The quantitative estimate of drug-likeness (QED) is 0.919. The Bertz CT molecular complexity index is 806. The molecule has 1 N–H and O–H groups in total. The van der Waals surface area contributed by atoms with Crippen molar-refractivity contribution >= 4 is 16.9 Å². The Morgan fingerprint density at radius 3 is 2.45 bits per heavy atom. The second-order valence-corrected chi connectivity index (χ2v) is 4.96. The Labute approximate surface area is 112 Å². The Morgan fingerprint density at radius 1 is 1.30 bits per heavy atom. The Kier molecular flexibility index (Phi) is 2.64. The SMILES string of the molecule is Cc1c(C(=O)O)n(C2CC2)c2c(F)ccc(F)c2c1=O. The highest BCUT2D eigenvalue weighted by molar-refractivity contribution is 5.93. The molecule has 3 rings (SSSR count). The van der Waals surface area contributed by atoms with Crippen LogP contribution in [-0.4, -0.2) is 15.6 Å². The van der Waals surface area contributed by atoms with Gasteiger partial charge >= 0.3 is 5.97 Å². The van der Waals surface area contributed by atoms with Crippen molar-refractivity contribution in [2.75, 3.05) is 0 Å². The molecular formula is C14H11F2NO3. The number of nitrogens with zero attached hydrogens (tertiary/aromatic N) is 1. The van der Waals surface area contributed by atoms with Gasteiger partial charge in [0.25, 0.3) is 0 Å². The van der Waals surface area contributed by atoms with E-state index < -0.39 is 23.0 Å². The van der Waals surface area contributed by atoms with Gasteiger partial charge in [-0.05, 0) is 31.9 Å². The van der Waals surface area contributed by atoms with Crippen molar-refractivity contribution in [1.29, 1.82) is 0 Å². The number of carbonyl (C=O) groups is 1. The summed E-state index contributed by atoms with van der Waals surface area (Å²) < 4.78 is 29.2. The first kappa shape index (κ1) is 12.8. The van der Waals surface area contributed by atoms with Crippen molar-refractivity contribution in [1.82, 2.24) is 4.57 Å². The zero-order valence-electron chi connectivity index (χ0n) is 10.6. The van der Waals surface area contributed by atoms with Crippen molar-refractivity contribution < 1.29 is 18.7 Å². The van der Waals surface area contributed by atoms with Crippen LogP contribution in [-0.2, 0) is 0 Å². The Morgan fingerprint density at radius 2 is 1.90 bits per heavy atom. The molecular weight excluding hydrogens is 268 g/mol. The van der Waals surface area contributed by atoms with Crippen molar-refractivity contribution in [3.05, 3.63) is 45.2 Å². The molecule has 0 atom stereocenters. The molecule has 1 aromatic heterocycles. The molecule has 6 heteroatoms. The molecule has 1 aromatic carbocycles. The number of hydrogen-bond donors (Lipinski definition) is 1. The zero-order chi connectivity index (χ0) is 14.6. The number of carboxylic acid groups (broad SMARTS) is 1. The number of hydrogen-bond acceptors (Lipinski definition) is 2. The van der Waals surface area contributed by atoms with Crippen molar-refractivity contribution in [3.63, 3.8) is 0 Å². The van der Waals surface area contributed by atoms with E-state index in [9.17, 15) is 23.5 Å². The first-order chi connectivity index (χ1) is 9.43. The van der Waals surface area contributed by atoms with Gasteiger partial charge in [0.2, 0.25) is 0 Å². The summed E-state index contributed by atoms with van der Waals surface area (Å²) in [5, 5.41) is 8.92. The first-order valence-electron chi connectivity index (χ1n) is 6.19. The molecule has 1 heterocycles. The fourth-order valence-corrected chi connectivity index (χ4v) is 2.54. The molecule has 1 aliphatic rings. The summed E-state index contributed by atoms with van der Waals surface area (Å²) in [7, 11) is 0. The van der Waals surface area contributed by atoms with E-state index in [1.54, 1.807) is 0 Å². The number of aromatic carboxylic acids is 1. The normalized spacial score (nSPS) is 14.8. The largest absolute Gasteiger partial charge is 0.477 e. The summed E-state index contributed by atoms with van der Waals surface area (Å²) in [5.74, 6) is -2.93. The van der Waals surface area contributed by atoms with Gasteiger partial charge < -0.3 is 9.67 Å². The van der Waals surface area contributed by atoms with E-state index in [1.165, 1.54) is 11.5 Å². The second kappa shape index (κ2) is 4.13. The lowest BCUT2D eigenvalue weighted by Gasteiger charge is -2.16. The van der Waals surface area contributed by atoms with E-state index in [2.05, 4.69) is 0 Å². The summed E-state index contributed by atoms with van der Waals surface area (Å²) >= 11 is 0. The van der Waals surface area contributed by atoms with Crippen molar-refractivity contribution in [2.45, 2.75) is 25.8 Å². The van der Waals surface area contributed by atoms with E-state index in [1.807, 2.05) is 0 Å². The lowest BCUT2D eigenvalue weighted by atomic mass is 10.1. The molecule has 0 radical (unpaired) electrons. The van der Waals surface area contributed by atoms with Gasteiger partial charge in [-0.3, -0.25) is 4.79 Å². The van der Waals surface area contributed by atoms with Gasteiger partial charge in [-0.2, -0.15) is 0 Å². The van der Waals surface area contributed by atoms with Crippen LogP contribution < -0.4 is 5.43 Å². The zero-order valence-corrected chi connectivity index (χ0v) is 10.6. The van der Waals surface area contributed by atoms with E-state index in [0.29, 0.717) is 12.8 Å². The van der Waals surface area contributed by atoms with Crippen molar-refractivity contribution in [2.24, 2.45) is 0 Å². The predicted molar refractivity (Wildman–Crippen MR) is 68.1 cm³/mol. The predicted octanol–water partition coefficient (Wildman–Crippen LogP) is 2.62. The third kappa shape index (κ3) is 1.64.